The molecule has 4 heteroatoms. The van der Waals surface area contributed by atoms with Crippen molar-refractivity contribution in [1.29, 1.82) is 0 Å². The molecule has 0 bridgehead atoms. The van der Waals surface area contributed by atoms with E-state index in [-0.39, 0.29) is 0 Å². The largest absolute Gasteiger partial charge is 0.276 e. The smallest absolute Gasteiger partial charge is 0.0640 e. The zero-order valence-electron chi connectivity index (χ0n) is 10.9. The Labute approximate surface area is 104 Å². The highest BCUT2D eigenvalue weighted by Gasteiger charge is 2.39. The molecule has 1 atom stereocenters. The van der Waals surface area contributed by atoms with E-state index in [1.807, 2.05) is 17.9 Å². The highest BCUT2D eigenvalue weighted by atomic mass is 15.3. The van der Waals surface area contributed by atoms with Gasteiger partial charge in [-0.3, -0.25) is 16.0 Å². The van der Waals surface area contributed by atoms with Gasteiger partial charge in [-0.05, 0) is 30.7 Å². The average Bonchev–Trinajstić information content (AvgIpc) is 2.95. The highest BCUT2D eigenvalue weighted by Crippen LogP contribution is 2.44. The molecule has 1 aromatic rings. The minimum Gasteiger partial charge on any atom is -0.276 e. The molecule has 0 radical (unpaired) electrons. The lowest BCUT2D eigenvalue weighted by Crippen LogP contribution is -2.48. The minimum absolute atomic E-state index is 0.352. The van der Waals surface area contributed by atoms with Gasteiger partial charge in [-0.25, -0.2) is 0 Å². The Morgan fingerprint density at radius 3 is 2.71 bits per heavy atom. The number of nitrogens with two attached hydrogens (primary N) is 1. The number of hydrogen-bond donors (Lipinski definition) is 2. The van der Waals surface area contributed by atoms with Crippen molar-refractivity contribution < 1.29 is 0 Å². The average molecular weight is 236 g/mol. The molecule has 1 fully saturated rings. The molecule has 0 aromatic carbocycles. The second-order valence-corrected chi connectivity index (χ2v) is 5.33. The molecular formula is C13H24N4. The third-order valence-electron chi connectivity index (χ3n) is 4.43. The van der Waals surface area contributed by atoms with Crippen LogP contribution >= 0.6 is 0 Å². The van der Waals surface area contributed by atoms with Crippen LogP contribution < -0.4 is 11.3 Å². The minimum atomic E-state index is 0.352. The summed E-state index contributed by atoms with van der Waals surface area (Å²) in [4.78, 5) is 0. The summed E-state index contributed by atoms with van der Waals surface area (Å²) in [5, 5.41) is 4.46. The maximum atomic E-state index is 5.78. The first-order valence-electron chi connectivity index (χ1n) is 6.65. The van der Waals surface area contributed by atoms with Crippen molar-refractivity contribution in [3.8, 4) is 0 Å². The zero-order valence-corrected chi connectivity index (χ0v) is 10.9. The van der Waals surface area contributed by atoms with Crippen LogP contribution in [0.3, 0.4) is 0 Å². The van der Waals surface area contributed by atoms with Gasteiger partial charge in [0.15, 0.2) is 0 Å². The van der Waals surface area contributed by atoms with Crippen LogP contribution in [0.1, 0.15) is 44.7 Å². The van der Waals surface area contributed by atoms with Crippen LogP contribution in [-0.4, -0.2) is 15.8 Å². The number of aryl methyl sites for hydroxylation is 1. The Morgan fingerprint density at radius 1 is 1.53 bits per heavy atom. The SMILES string of the molecule is CCC1(C(Cc2ccn(C)n2)NN)CCCC1. The van der Waals surface area contributed by atoms with Gasteiger partial charge in [0.1, 0.15) is 0 Å². The van der Waals surface area contributed by atoms with Crippen LogP contribution in [0.5, 0.6) is 0 Å². The fourth-order valence-corrected chi connectivity index (χ4v) is 3.26. The van der Waals surface area contributed by atoms with E-state index in [1.165, 1.54) is 32.1 Å². The Bertz CT molecular complexity index is 352. The van der Waals surface area contributed by atoms with Crippen LogP contribution in [0.4, 0.5) is 0 Å². The standard InChI is InChI=1S/C13H24N4/c1-3-13(7-4-5-8-13)12(15-14)10-11-6-9-17(2)16-11/h6,9,12,15H,3-5,7-8,10,14H2,1-2H3. The lowest BCUT2D eigenvalue weighted by atomic mass is 9.75. The number of hydrazine groups is 1. The normalized spacial score (nSPS) is 20.6. The van der Waals surface area contributed by atoms with Crippen LogP contribution in [0.15, 0.2) is 12.3 Å². The van der Waals surface area contributed by atoms with Crippen molar-refractivity contribution in [3.63, 3.8) is 0 Å². The Hall–Kier alpha value is -0.870. The van der Waals surface area contributed by atoms with Gasteiger partial charge >= 0.3 is 0 Å². The van der Waals surface area contributed by atoms with E-state index in [2.05, 4.69) is 23.5 Å². The fourth-order valence-electron chi connectivity index (χ4n) is 3.26. The van der Waals surface area contributed by atoms with Gasteiger partial charge in [-0.2, -0.15) is 5.10 Å². The first-order valence-corrected chi connectivity index (χ1v) is 6.65. The quantitative estimate of drug-likeness (QED) is 0.605. The highest BCUT2D eigenvalue weighted by molar-refractivity contribution is 5.05. The summed E-state index contributed by atoms with van der Waals surface area (Å²) in [6.07, 6.45) is 9.41. The summed E-state index contributed by atoms with van der Waals surface area (Å²) in [6.45, 7) is 2.29. The van der Waals surface area contributed by atoms with Crippen molar-refractivity contribution >= 4 is 0 Å². The van der Waals surface area contributed by atoms with E-state index in [9.17, 15) is 0 Å². The van der Waals surface area contributed by atoms with Gasteiger partial charge < -0.3 is 0 Å². The first kappa shape index (κ1) is 12.6. The lowest BCUT2D eigenvalue weighted by Gasteiger charge is -2.36. The maximum Gasteiger partial charge on any atom is 0.0640 e. The van der Waals surface area contributed by atoms with Gasteiger partial charge in [-0.15, -0.1) is 0 Å². The summed E-state index contributed by atoms with van der Waals surface area (Å²) < 4.78 is 1.86. The molecule has 3 N–H and O–H groups in total. The first-order chi connectivity index (χ1) is 8.20. The van der Waals surface area contributed by atoms with E-state index >= 15 is 0 Å². The molecule has 1 saturated carbocycles. The van der Waals surface area contributed by atoms with Gasteiger partial charge in [0.2, 0.25) is 0 Å². The summed E-state index contributed by atoms with van der Waals surface area (Å²) >= 11 is 0. The van der Waals surface area contributed by atoms with Gasteiger partial charge in [0, 0.05) is 25.7 Å². The fraction of sp³-hybridized carbons (Fsp3) is 0.769. The molecule has 1 aliphatic carbocycles. The molecular weight excluding hydrogens is 212 g/mol. The van der Waals surface area contributed by atoms with E-state index in [0.717, 1.165) is 12.1 Å². The monoisotopic (exact) mass is 236 g/mol. The predicted octanol–water partition coefficient (Wildman–Crippen LogP) is 1.76. The van der Waals surface area contributed by atoms with E-state index in [1.54, 1.807) is 0 Å². The predicted molar refractivity (Wildman–Crippen MR) is 69.2 cm³/mol. The molecule has 17 heavy (non-hydrogen) atoms. The Balaban J connectivity index is 2.10. The summed E-state index contributed by atoms with van der Waals surface area (Å²) in [5.74, 6) is 5.78. The number of rotatable bonds is 5. The molecule has 1 unspecified atom stereocenters. The Morgan fingerprint density at radius 2 is 2.24 bits per heavy atom. The van der Waals surface area contributed by atoms with Crippen molar-refractivity contribution in [2.45, 2.75) is 51.5 Å². The number of hydrogen-bond acceptors (Lipinski definition) is 3. The molecule has 0 saturated heterocycles. The molecule has 1 aliphatic rings. The molecule has 0 amide bonds. The molecule has 1 heterocycles. The van der Waals surface area contributed by atoms with Gasteiger partial charge in [0.05, 0.1) is 5.69 Å². The van der Waals surface area contributed by atoms with Crippen LogP contribution in [0.25, 0.3) is 0 Å². The van der Waals surface area contributed by atoms with Crippen LogP contribution in [0, 0.1) is 5.41 Å². The number of nitrogens with one attached hydrogen (secondary N) is 1. The molecule has 0 spiro atoms. The van der Waals surface area contributed by atoms with Crippen molar-refractivity contribution in [3.05, 3.63) is 18.0 Å². The summed E-state index contributed by atoms with van der Waals surface area (Å²) in [6, 6.07) is 2.44. The number of nitrogens with zero attached hydrogens (tertiary/aromatic N) is 2. The third-order valence-corrected chi connectivity index (χ3v) is 4.43. The maximum absolute atomic E-state index is 5.78. The topological polar surface area (TPSA) is 55.9 Å². The van der Waals surface area contributed by atoms with E-state index in [4.69, 9.17) is 5.84 Å². The molecule has 2 rings (SSSR count). The zero-order chi connectivity index (χ0) is 12.3. The third kappa shape index (κ3) is 2.53. The number of aromatic nitrogens is 2. The Kier molecular flexibility index (Phi) is 3.84. The van der Waals surface area contributed by atoms with Crippen molar-refractivity contribution in [1.82, 2.24) is 15.2 Å². The molecule has 0 aliphatic heterocycles. The molecule has 1 aromatic heterocycles. The van der Waals surface area contributed by atoms with Gasteiger partial charge in [-0.1, -0.05) is 19.8 Å². The van der Waals surface area contributed by atoms with E-state index in [0.29, 0.717) is 11.5 Å². The van der Waals surface area contributed by atoms with Crippen LogP contribution in [0.2, 0.25) is 0 Å². The molecule has 96 valence electrons. The summed E-state index contributed by atoms with van der Waals surface area (Å²) in [7, 11) is 1.96. The van der Waals surface area contributed by atoms with Crippen molar-refractivity contribution in [2.75, 3.05) is 0 Å². The second-order valence-electron chi connectivity index (χ2n) is 5.33. The van der Waals surface area contributed by atoms with Gasteiger partial charge in [0.25, 0.3) is 0 Å². The van der Waals surface area contributed by atoms with E-state index < -0.39 is 0 Å². The summed E-state index contributed by atoms with van der Waals surface area (Å²) in [5.41, 5.74) is 4.56. The second kappa shape index (κ2) is 5.19. The molecule has 4 nitrogen and oxygen atoms in total. The lowest BCUT2D eigenvalue weighted by molar-refractivity contribution is 0.184. The van der Waals surface area contributed by atoms with Crippen LogP contribution in [-0.2, 0) is 13.5 Å². The van der Waals surface area contributed by atoms with Crippen molar-refractivity contribution in [2.24, 2.45) is 18.3 Å².